The van der Waals surface area contributed by atoms with E-state index in [2.05, 4.69) is 10.1 Å². The van der Waals surface area contributed by atoms with Crippen molar-refractivity contribution in [3.05, 3.63) is 36.2 Å². The summed E-state index contributed by atoms with van der Waals surface area (Å²) in [5.74, 6) is 1.60. The van der Waals surface area contributed by atoms with Crippen LogP contribution in [0.3, 0.4) is 0 Å². The molecule has 1 fully saturated rings. The van der Waals surface area contributed by atoms with Crippen molar-refractivity contribution in [3.63, 3.8) is 0 Å². The van der Waals surface area contributed by atoms with Gasteiger partial charge < -0.3 is 13.8 Å². The zero-order valence-electron chi connectivity index (χ0n) is 13.4. The fourth-order valence-electron chi connectivity index (χ4n) is 3.06. The van der Waals surface area contributed by atoms with Gasteiger partial charge in [0.05, 0.1) is 6.54 Å². The van der Waals surface area contributed by atoms with Gasteiger partial charge in [0.25, 0.3) is 0 Å². The van der Waals surface area contributed by atoms with E-state index in [4.69, 9.17) is 8.94 Å². The minimum absolute atomic E-state index is 0.165. The summed E-state index contributed by atoms with van der Waals surface area (Å²) in [4.78, 5) is 18.4. The van der Waals surface area contributed by atoms with Gasteiger partial charge in [0.15, 0.2) is 5.76 Å². The Kier molecular flexibility index (Phi) is 4.02. The number of para-hydroxylation sites is 1. The number of hydrogen-bond acceptors (Lipinski definition) is 5. The quantitative estimate of drug-likeness (QED) is 0.733. The standard InChI is InChI=1S/C18H19N3O3/c22-17-9-3-1-2-6-10-21(17)12-16-19-18(20-24-16)15-11-13-7-4-5-8-14(13)23-15/h4-5,7-8,11H,1-3,6,9-10,12H2. The molecule has 0 bridgehead atoms. The first kappa shape index (κ1) is 14.9. The molecule has 4 rings (SSSR count). The maximum atomic E-state index is 12.2. The van der Waals surface area contributed by atoms with Gasteiger partial charge in [0.1, 0.15) is 5.58 Å². The number of nitrogens with zero attached hydrogens (tertiary/aromatic N) is 3. The highest BCUT2D eigenvalue weighted by molar-refractivity contribution is 5.81. The molecule has 0 atom stereocenters. The van der Waals surface area contributed by atoms with Gasteiger partial charge in [-0.25, -0.2) is 0 Å². The molecular weight excluding hydrogens is 306 g/mol. The molecule has 1 aliphatic rings. The summed E-state index contributed by atoms with van der Waals surface area (Å²) in [5, 5.41) is 4.99. The van der Waals surface area contributed by atoms with E-state index in [1.165, 1.54) is 0 Å². The van der Waals surface area contributed by atoms with Gasteiger partial charge in [-0.1, -0.05) is 36.2 Å². The maximum absolute atomic E-state index is 12.2. The van der Waals surface area contributed by atoms with Crippen molar-refractivity contribution < 1.29 is 13.7 Å². The Bertz CT molecular complexity index is 819. The maximum Gasteiger partial charge on any atom is 0.246 e. The topological polar surface area (TPSA) is 72.4 Å². The second kappa shape index (κ2) is 6.47. The number of fused-ring (bicyclic) bond motifs is 1. The smallest absolute Gasteiger partial charge is 0.246 e. The second-order valence-electron chi connectivity index (χ2n) is 6.14. The summed E-state index contributed by atoms with van der Waals surface area (Å²) in [5.41, 5.74) is 0.790. The molecular formula is C18H19N3O3. The Labute approximate surface area is 139 Å². The lowest BCUT2D eigenvalue weighted by atomic mass is 10.1. The van der Waals surface area contributed by atoms with Crippen LogP contribution in [0, 0.1) is 0 Å². The second-order valence-corrected chi connectivity index (χ2v) is 6.14. The van der Waals surface area contributed by atoms with Crippen molar-refractivity contribution in [3.8, 4) is 11.6 Å². The molecule has 6 nitrogen and oxygen atoms in total. The van der Waals surface area contributed by atoms with Crippen LogP contribution in [-0.2, 0) is 11.3 Å². The highest BCUT2D eigenvalue weighted by Gasteiger charge is 2.20. The fourth-order valence-corrected chi connectivity index (χ4v) is 3.06. The van der Waals surface area contributed by atoms with E-state index < -0.39 is 0 Å². The lowest BCUT2D eigenvalue weighted by molar-refractivity contribution is -0.132. The Morgan fingerprint density at radius 2 is 2.00 bits per heavy atom. The number of amides is 1. The average Bonchev–Trinajstić information content (AvgIpc) is 3.20. The molecule has 1 aromatic carbocycles. The van der Waals surface area contributed by atoms with Crippen molar-refractivity contribution in [2.75, 3.05) is 6.54 Å². The number of aromatic nitrogens is 2. The molecule has 1 amide bonds. The molecule has 0 spiro atoms. The first-order valence-corrected chi connectivity index (χ1v) is 8.39. The van der Waals surface area contributed by atoms with E-state index in [0.717, 1.165) is 43.2 Å². The minimum atomic E-state index is 0.165. The van der Waals surface area contributed by atoms with Gasteiger partial charge >= 0.3 is 0 Å². The number of rotatable bonds is 3. The molecule has 3 heterocycles. The Hall–Kier alpha value is -2.63. The molecule has 2 aromatic heterocycles. The van der Waals surface area contributed by atoms with Crippen molar-refractivity contribution in [2.45, 2.75) is 38.6 Å². The minimum Gasteiger partial charge on any atom is -0.453 e. The Balaban J connectivity index is 1.52. The van der Waals surface area contributed by atoms with E-state index in [9.17, 15) is 4.79 Å². The first-order chi connectivity index (χ1) is 11.8. The van der Waals surface area contributed by atoms with Crippen LogP contribution in [0.5, 0.6) is 0 Å². The van der Waals surface area contributed by atoms with Gasteiger partial charge in [-0.2, -0.15) is 4.98 Å². The fraction of sp³-hybridized carbons (Fsp3) is 0.389. The summed E-state index contributed by atoms with van der Waals surface area (Å²) in [6.45, 7) is 1.12. The number of hydrogen-bond donors (Lipinski definition) is 0. The van der Waals surface area contributed by atoms with Crippen molar-refractivity contribution in [1.29, 1.82) is 0 Å². The third-order valence-electron chi connectivity index (χ3n) is 4.36. The summed E-state index contributed by atoms with van der Waals surface area (Å²) in [7, 11) is 0. The van der Waals surface area contributed by atoms with Gasteiger partial charge in [-0.3, -0.25) is 4.79 Å². The van der Waals surface area contributed by atoms with Crippen LogP contribution >= 0.6 is 0 Å². The van der Waals surface area contributed by atoms with E-state index >= 15 is 0 Å². The molecule has 0 saturated carbocycles. The van der Waals surface area contributed by atoms with Crippen LogP contribution in [0.2, 0.25) is 0 Å². The van der Waals surface area contributed by atoms with E-state index in [1.807, 2.05) is 35.2 Å². The van der Waals surface area contributed by atoms with E-state index in [-0.39, 0.29) is 5.91 Å². The normalized spacial score (nSPS) is 16.3. The first-order valence-electron chi connectivity index (χ1n) is 8.39. The molecule has 1 saturated heterocycles. The number of likely N-dealkylation sites (tertiary alicyclic amines) is 1. The van der Waals surface area contributed by atoms with Crippen LogP contribution in [0.15, 0.2) is 39.3 Å². The Morgan fingerprint density at radius 3 is 2.92 bits per heavy atom. The van der Waals surface area contributed by atoms with Crippen LogP contribution in [-0.4, -0.2) is 27.5 Å². The third kappa shape index (κ3) is 3.04. The molecule has 0 unspecified atom stereocenters. The molecule has 3 aromatic rings. The zero-order chi connectivity index (χ0) is 16.4. The predicted octanol–water partition coefficient (Wildman–Crippen LogP) is 3.78. The molecule has 0 N–H and O–H groups in total. The van der Waals surface area contributed by atoms with E-state index in [0.29, 0.717) is 30.4 Å². The summed E-state index contributed by atoms with van der Waals surface area (Å²) < 4.78 is 11.1. The highest BCUT2D eigenvalue weighted by Crippen LogP contribution is 2.26. The van der Waals surface area contributed by atoms with Gasteiger partial charge in [0.2, 0.25) is 17.6 Å². The largest absolute Gasteiger partial charge is 0.453 e. The zero-order valence-corrected chi connectivity index (χ0v) is 13.4. The predicted molar refractivity (Wildman–Crippen MR) is 88.0 cm³/mol. The van der Waals surface area contributed by atoms with Gasteiger partial charge in [-0.05, 0) is 25.0 Å². The number of carbonyl (C=O) groups is 1. The van der Waals surface area contributed by atoms with Crippen molar-refractivity contribution >= 4 is 16.9 Å². The van der Waals surface area contributed by atoms with Crippen LogP contribution in [0.4, 0.5) is 0 Å². The van der Waals surface area contributed by atoms with Gasteiger partial charge in [-0.15, -0.1) is 0 Å². The van der Waals surface area contributed by atoms with Crippen LogP contribution in [0.1, 0.15) is 38.0 Å². The number of benzene rings is 1. The Morgan fingerprint density at radius 1 is 1.12 bits per heavy atom. The summed E-state index contributed by atoms with van der Waals surface area (Å²) in [6, 6.07) is 9.65. The van der Waals surface area contributed by atoms with E-state index in [1.54, 1.807) is 0 Å². The molecule has 0 radical (unpaired) electrons. The van der Waals surface area contributed by atoms with Gasteiger partial charge in [0, 0.05) is 18.4 Å². The SMILES string of the molecule is O=C1CCCCCCN1Cc1nc(-c2cc3ccccc3o2)no1. The third-order valence-corrected chi connectivity index (χ3v) is 4.36. The number of furan rings is 1. The van der Waals surface area contributed by atoms with Crippen LogP contribution in [0.25, 0.3) is 22.6 Å². The number of carbonyl (C=O) groups excluding carboxylic acids is 1. The summed E-state index contributed by atoms with van der Waals surface area (Å²) >= 11 is 0. The molecule has 124 valence electrons. The monoisotopic (exact) mass is 325 g/mol. The molecule has 6 heteroatoms. The average molecular weight is 325 g/mol. The van der Waals surface area contributed by atoms with Crippen molar-refractivity contribution in [1.82, 2.24) is 15.0 Å². The summed E-state index contributed by atoms with van der Waals surface area (Å²) in [6.07, 6.45) is 4.89. The molecule has 1 aliphatic heterocycles. The highest BCUT2D eigenvalue weighted by atomic mass is 16.5. The molecule has 0 aliphatic carbocycles. The lowest BCUT2D eigenvalue weighted by Crippen LogP contribution is -2.32. The molecule has 24 heavy (non-hydrogen) atoms. The van der Waals surface area contributed by atoms with Crippen molar-refractivity contribution in [2.24, 2.45) is 0 Å². The van der Waals surface area contributed by atoms with Crippen LogP contribution < -0.4 is 0 Å². The lowest BCUT2D eigenvalue weighted by Gasteiger charge is -2.22.